The number of anilines is 1. The van der Waals surface area contributed by atoms with Crippen LogP contribution in [-0.4, -0.2) is 29.4 Å². The molecule has 0 aliphatic carbocycles. The average Bonchev–Trinajstić information content (AvgIpc) is 2.20. The topological polar surface area (TPSA) is 68.4 Å². The van der Waals surface area contributed by atoms with E-state index in [1.165, 1.54) is 0 Å². The molecule has 1 heterocycles. The summed E-state index contributed by atoms with van der Waals surface area (Å²) in [7, 11) is 1.62. The number of pyridine rings is 1. The zero-order chi connectivity index (χ0) is 13.1. The second-order valence-electron chi connectivity index (χ2n) is 5.34. The molecule has 0 saturated carbocycles. The molecule has 4 nitrogen and oxygen atoms in total. The standard InChI is InChI=1S/C13H22N2O2/c1-13(2,3)11(17-4)10(16)8-9-6-5-7-15-12(9)14/h5-7,10-11,16H,8H2,1-4H3,(H2,14,15). The summed E-state index contributed by atoms with van der Waals surface area (Å²) < 4.78 is 5.38. The van der Waals surface area contributed by atoms with Gasteiger partial charge in [-0.05, 0) is 17.0 Å². The van der Waals surface area contributed by atoms with E-state index >= 15 is 0 Å². The first-order valence-corrected chi connectivity index (χ1v) is 5.76. The Bertz CT molecular complexity index is 361. The van der Waals surface area contributed by atoms with Crippen molar-refractivity contribution in [3.05, 3.63) is 23.9 Å². The molecule has 0 aliphatic rings. The third kappa shape index (κ3) is 3.68. The second-order valence-corrected chi connectivity index (χ2v) is 5.34. The highest BCUT2D eigenvalue weighted by atomic mass is 16.5. The van der Waals surface area contributed by atoms with Gasteiger partial charge in [0, 0.05) is 19.7 Å². The van der Waals surface area contributed by atoms with Crippen LogP contribution in [-0.2, 0) is 11.2 Å². The highest BCUT2D eigenvalue weighted by Crippen LogP contribution is 2.26. The summed E-state index contributed by atoms with van der Waals surface area (Å²) in [4.78, 5) is 4.01. The molecule has 1 rings (SSSR count). The zero-order valence-electron chi connectivity index (χ0n) is 11.0. The molecule has 2 atom stereocenters. The van der Waals surface area contributed by atoms with Gasteiger partial charge in [0.15, 0.2) is 0 Å². The predicted molar refractivity (Wildman–Crippen MR) is 68.6 cm³/mol. The van der Waals surface area contributed by atoms with E-state index in [0.717, 1.165) is 5.56 Å². The number of aliphatic hydroxyl groups excluding tert-OH is 1. The minimum absolute atomic E-state index is 0.120. The first-order chi connectivity index (χ1) is 7.86. The first-order valence-electron chi connectivity index (χ1n) is 5.76. The normalized spacial score (nSPS) is 15.6. The number of rotatable bonds is 4. The number of nitrogens with two attached hydrogens (primary N) is 1. The van der Waals surface area contributed by atoms with Crippen molar-refractivity contribution in [3.63, 3.8) is 0 Å². The van der Waals surface area contributed by atoms with Gasteiger partial charge in [-0.1, -0.05) is 26.8 Å². The number of hydrogen-bond donors (Lipinski definition) is 2. The van der Waals surface area contributed by atoms with Crippen LogP contribution in [0.2, 0.25) is 0 Å². The van der Waals surface area contributed by atoms with Crippen molar-refractivity contribution >= 4 is 5.82 Å². The van der Waals surface area contributed by atoms with Crippen LogP contribution in [0.15, 0.2) is 18.3 Å². The predicted octanol–water partition coefficient (Wildman–Crippen LogP) is 1.63. The number of nitrogen functional groups attached to an aromatic ring is 1. The fourth-order valence-electron chi connectivity index (χ4n) is 2.04. The van der Waals surface area contributed by atoms with E-state index in [-0.39, 0.29) is 11.5 Å². The maximum atomic E-state index is 10.2. The smallest absolute Gasteiger partial charge is 0.126 e. The monoisotopic (exact) mass is 238 g/mol. The lowest BCUT2D eigenvalue weighted by Gasteiger charge is -2.33. The molecule has 96 valence electrons. The fourth-order valence-corrected chi connectivity index (χ4v) is 2.04. The van der Waals surface area contributed by atoms with E-state index in [1.807, 2.05) is 32.9 Å². The summed E-state index contributed by atoms with van der Waals surface area (Å²) in [5.74, 6) is 0.468. The highest BCUT2D eigenvalue weighted by molar-refractivity contribution is 5.38. The Morgan fingerprint density at radius 1 is 1.47 bits per heavy atom. The number of aliphatic hydroxyl groups is 1. The van der Waals surface area contributed by atoms with E-state index in [1.54, 1.807) is 13.3 Å². The molecule has 0 aromatic carbocycles. The van der Waals surface area contributed by atoms with Gasteiger partial charge in [0.2, 0.25) is 0 Å². The van der Waals surface area contributed by atoms with E-state index in [2.05, 4.69) is 4.98 Å². The van der Waals surface area contributed by atoms with Crippen molar-refractivity contribution in [3.8, 4) is 0 Å². The number of ether oxygens (including phenoxy) is 1. The van der Waals surface area contributed by atoms with E-state index in [9.17, 15) is 5.11 Å². The summed E-state index contributed by atoms with van der Waals surface area (Å²) in [6.45, 7) is 6.12. The minimum atomic E-state index is -0.591. The Hall–Kier alpha value is -1.13. The second kappa shape index (κ2) is 5.47. The van der Waals surface area contributed by atoms with Crippen LogP contribution >= 0.6 is 0 Å². The number of hydrogen-bond acceptors (Lipinski definition) is 4. The molecule has 0 aliphatic heterocycles. The number of aromatic nitrogens is 1. The van der Waals surface area contributed by atoms with Crippen LogP contribution in [0.1, 0.15) is 26.3 Å². The van der Waals surface area contributed by atoms with Crippen LogP contribution in [0, 0.1) is 5.41 Å². The SMILES string of the molecule is COC(C(O)Cc1cccnc1N)C(C)(C)C. The van der Waals surface area contributed by atoms with Crippen LogP contribution in [0.5, 0.6) is 0 Å². The van der Waals surface area contributed by atoms with Crippen molar-refractivity contribution < 1.29 is 9.84 Å². The van der Waals surface area contributed by atoms with E-state index < -0.39 is 6.10 Å². The molecule has 1 aromatic heterocycles. The quantitative estimate of drug-likeness (QED) is 0.836. The van der Waals surface area contributed by atoms with Gasteiger partial charge in [-0.25, -0.2) is 4.98 Å². The summed E-state index contributed by atoms with van der Waals surface area (Å²) in [5.41, 5.74) is 6.49. The summed E-state index contributed by atoms with van der Waals surface area (Å²) >= 11 is 0. The average molecular weight is 238 g/mol. The van der Waals surface area contributed by atoms with Crippen LogP contribution in [0.4, 0.5) is 5.82 Å². The van der Waals surface area contributed by atoms with Gasteiger partial charge in [-0.15, -0.1) is 0 Å². The van der Waals surface area contributed by atoms with E-state index in [0.29, 0.717) is 12.2 Å². The Kier molecular flexibility index (Phi) is 4.48. The Morgan fingerprint density at radius 2 is 2.12 bits per heavy atom. The van der Waals surface area contributed by atoms with Gasteiger partial charge in [0.05, 0.1) is 12.2 Å². The molecule has 0 saturated heterocycles. The van der Waals surface area contributed by atoms with Gasteiger partial charge in [0.25, 0.3) is 0 Å². The minimum Gasteiger partial charge on any atom is -0.390 e. The fraction of sp³-hybridized carbons (Fsp3) is 0.615. The zero-order valence-corrected chi connectivity index (χ0v) is 11.0. The van der Waals surface area contributed by atoms with Crippen molar-refractivity contribution in [1.82, 2.24) is 4.98 Å². The van der Waals surface area contributed by atoms with Crippen LogP contribution < -0.4 is 5.73 Å². The summed E-state index contributed by atoms with van der Waals surface area (Å²) in [6, 6.07) is 3.69. The molecule has 0 bridgehead atoms. The molecule has 3 N–H and O–H groups in total. The third-order valence-electron chi connectivity index (χ3n) is 2.81. The molecule has 2 unspecified atom stereocenters. The van der Waals surface area contributed by atoms with Gasteiger partial charge in [-0.2, -0.15) is 0 Å². The molecule has 0 fully saturated rings. The Balaban J connectivity index is 2.78. The first kappa shape index (κ1) is 13.9. The number of methoxy groups -OCH3 is 1. The number of nitrogens with zero attached hydrogens (tertiary/aromatic N) is 1. The molecular formula is C13H22N2O2. The largest absolute Gasteiger partial charge is 0.390 e. The third-order valence-corrected chi connectivity index (χ3v) is 2.81. The van der Waals surface area contributed by atoms with Crippen LogP contribution in [0.25, 0.3) is 0 Å². The van der Waals surface area contributed by atoms with E-state index in [4.69, 9.17) is 10.5 Å². The summed E-state index contributed by atoms with van der Waals surface area (Å²) in [6.07, 6.45) is 1.27. The van der Waals surface area contributed by atoms with Gasteiger partial charge >= 0.3 is 0 Å². The van der Waals surface area contributed by atoms with Crippen LogP contribution in [0.3, 0.4) is 0 Å². The molecule has 0 radical (unpaired) electrons. The molecule has 4 heteroatoms. The molecule has 0 spiro atoms. The van der Waals surface area contributed by atoms with Crippen molar-refractivity contribution in [2.45, 2.75) is 39.4 Å². The summed E-state index contributed by atoms with van der Waals surface area (Å²) in [5, 5.41) is 10.2. The van der Waals surface area contributed by atoms with Gasteiger partial charge in [-0.3, -0.25) is 0 Å². The molecular weight excluding hydrogens is 216 g/mol. The van der Waals surface area contributed by atoms with Crippen molar-refractivity contribution in [1.29, 1.82) is 0 Å². The maximum absolute atomic E-state index is 10.2. The molecule has 1 aromatic rings. The van der Waals surface area contributed by atoms with Crippen molar-refractivity contribution in [2.24, 2.45) is 5.41 Å². The van der Waals surface area contributed by atoms with Crippen molar-refractivity contribution in [2.75, 3.05) is 12.8 Å². The highest BCUT2D eigenvalue weighted by Gasteiger charge is 2.31. The lowest BCUT2D eigenvalue weighted by molar-refractivity contribution is -0.0698. The van der Waals surface area contributed by atoms with Gasteiger partial charge in [0.1, 0.15) is 5.82 Å². The Labute approximate surface area is 103 Å². The maximum Gasteiger partial charge on any atom is 0.126 e. The Morgan fingerprint density at radius 3 is 2.59 bits per heavy atom. The molecule has 0 amide bonds. The lowest BCUT2D eigenvalue weighted by Crippen LogP contribution is -2.40. The lowest BCUT2D eigenvalue weighted by atomic mass is 9.84. The molecule has 17 heavy (non-hydrogen) atoms. The van der Waals surface area contributed by atoms with Gasteiger partial charge < -0.3 is 15.6 Å².